The summed E-state index contributed by atoms with van der Waals surface area (Å²) in [6.07, 6.45) is 1.91. The van der Waals surface area contributed by atoms with Crippen LogP contribution in [-0.4, -0.2) is 21.9 Å². The third kappa shape index (κ3) is 3.87. The SMILES string of the molecule is CC(N)CC(=O)Nc1cccc2[nH]cnc12.Cl.Cl. The molecule has 0 fully saturated rings. The van der Waals surface area contributed by atoms with Gasteiger partial charge in [0, 0.05) is 12.5 Å². The van der Waals surface area contributed by atoms with E-state index in [1.807, 2.05) is 18.2 Å². The first kappa shape index (κ1) is 16.7. The van der Waals surface area contributed by atoms with Gasteiger partial charge in [0.15, 0.2) is 0 Å². The van der Waals surface area contributed by atoms with Crippen molar-refractivity contribution in [3.05, 3.63) is 24.5 Å². The number of imidazole rings is 1. The van der Waals surface area contributed by atoms with Crippen LogP contribution in [0.1, 0.15) is 13.3 Å². The number of nitrogens with zero attached hydrogens (tertiary/aromatic N) is 1. The summed E-state index contributed by atoms with van der Waals surface area (Å²) in [6.45, 7) is 1.80. The lowest BCUT2D eigenvalue weighted by Crippen LogP contribution is -2.24. The maximum Gasteiger partial charge on any atom is 0.225 e. The van der Waals surface area contributed by atoms with Crippen LogP contribution in [0.3, 0.4) is 0 Å². The standard InChI is InChI=1S/C11H14N4O.2ClH/c1-7(12)5-10(16)15-9-4-2-3-8-11(9)14-6-13-8;;/h2-4,6-7H,5,12H2,1H3,(H,13,14)(H,15,16);2*1H. The topological polar surface area (TPSA) is 83.8 Å². The minimum atomic E-state index is -0.140. The number of aromatic amines is 1. The lowest BCUT2D eigenvalue weighted by molar-refractivity contribution is -0.116. The van der Waals surface area contributed by atoms with Crippen LogP contribution in [0.25, 0.3) is 11.0 Å². The van der Waals surface area contributed by atoms with Crippen molar-refractivity contribution in [2.45, 2.75) is 19.4 Å². The monoisotopic (exact) mass is 290 g/mol. The number of para-hydroxylation sites is 1. The number of carbonyl (C=O) groups excluding carboxylic acids is 1. The fourth-order valence-electron chi connectivity index (χ4n) is 1.56. The molecular weight excluding hydrogens is 275 g/mol. The molecule has 0 aliphatic carbocycles. The van der Waals surface area contributed by atoms with E-state index < -0.39 is 0 Å². The van der Waals surface area contributed by atoms with Gasteiger partial charge in [-0.1, -0.05) is 6.07 Å². The predicted molar refractivity (Wildman–Crippen MR) is 77.5 cm³/mol. The van der Waals surface area contributed by atoms with Crippen molar-refractivity contribution in [1.29, 1.82) is 0 Å². The second kappa shape index (κ2) is 7.20. The lowest BCUT2D eigenvalue weighted by Gasteiger charge is -2.07. The molecule has 0 saturated carbocycles. The van der Waals surface area contributed by atoms with Crippen LogP contribution >= 0.6 is 24.8 Å². The zero-order valence-corrected chi connectivity index (χ0v) is 11.5. The normalized spacial score (nSPS) is 11.2. The molecule has 0 aliphatic heterocycles. The number of aromatic nitrogens is 2. The molecule has 1 aromatic heterocycles. The number of hydrogen-bond acceptors (Lipinski definition) is 3. The smallest absolute Gasteiger partial charge is 0.225 e. The number of H-pyrrole nitrogens is 1. The summed E-state index contributed by atoms with van der Waals surface area (Å²) in [5.41, 5.74) is 7.94. The average molecular weight is 291 g/mol. The minimum Gasteiger partial charge on any atom is -0.345 e. The molecule has 2 rings (SSSR count). The Labute approximate surface area is 117 Å². The minimum absolute atomic E-state index is 0. The van der Waals surface area contributed by atoms with E-state index in [4.69, 9.17) is 5.73 Å². The Balaban J connectivity index is 0.00000144. The molecule has 0 saturated heterocycles. The highest BCUT2D eigenvalue weighted by Crippen LogP contribution is 2.19. The molecule has 0 spiro atoms. The summed E-state index contributed by atoms with van der Waals surface area (Å²) >= 11 is 0. The van der Waals surface area contributed by atoms with Crippen molar-refractivity contribution in [3.8, 4) is 0 Å². The second-order valence-electron chi connectivity index (χ2n) is 3.83. The summed E-state index contributed by atoms with van der Waals surface area (Å²) in [6, 6.07) is 5.45. The van der Waals surface area contributed by atoms with E-state index in [1.165, 1.54) is 0 Å². The van der Waals surface area contributed by atoms with Crippen molar-refractivity contribution in [2.75, 3.05) is 5.32 Å². The number of carbonyl (C=O) groups is 1. The van der Waals surface area contributed by atoms with E-state index in [-0.39, 0.29) is 36.8 Å². The Kier molecular flexibility index (Phi) is 6.68. The van der Waals surface area contributed by atoms with Gasteiger partial charge < -0.3 is 16.0 Å². The van der Waals surface area contributed by atoms with E-state index in [0.29, 0.717) is 12.1 Å². The van der Waals surface area contributed by atoms with Crippen molar-refractivity contribution in [3.63, 3.8) is 0 Å². The number of nitrogens with one attached hydrogen (secondary N) is 2. The van der Waals surface area contributed by atoms with Crippen LogP contribution in [0.15, 0.2) is 24.5 Å². The fraction of sp³-hybridized carbons (Fsp3) is 0.273. The van der Waals surface area contributed by atoms with Gasteiger partial charge in [0.25, 0.3) is 0 Å². The van der Waals surface area contributed by atoms with Gasteiger partial charge in [-0.3, -0.25) is 4.79 Å². The number of amides is 1. The van der Waals surface area contributed by atoms with Crippen LogP contribution in [0.5, 0.6) is 0 Å². The number of benzene rings is 1. The number of rotatable bonds is 3. The number of fused-ring (bicyclic) bond motifs is 1. The van der Waals surface area contributed by atoms with Crippen molar-refractivity contribution in [2.24, 2.45) is 5.73 Å². The molecule has 1 atom stereocenters. The van der Waals surface area contributed by atoms with E-state index in [2.05, 4.69) is 15.3 Å². The molecule has 2 aromatic rings. The molecule has 0 bridgehead atoms. The molecule has 4 N–H and O–H groups in total. The molecule has 1 heterocycles. The maximum absolute atomic E-state index is 11.6. The van der Waals surface area contributed by atoms with Crippen LogP contribution in [-0.2, 0) is 4.79 Å². The third-order valence-electron chi connectivity index (χ3n) is 2.23. The van der Waals surface area contributed by atoms with Gasteiger partial charge in [-0.25, -0.2) is 4.98 Å². The largest absolute Gasteiger partial charge is 0.345 e. The van der Waals surface area contributed by atoms with Crippen LogP contribution in [0.2, 0.25) is 0 Å². The zero-order valence-electron chi connectivity index (χ0n) is 9.84. The van der Waals surface area contributed by atoms with Crippen LogP contribution in [0.4, 0.5) is 5.69 Å². The molecule has 7 heteroatoms. The second-order valence-corrected chi connectivity index (χ2v) is 3.83. The highest BCUT2D eigenvalue weighted by molar-refractivity contribution is 5.99. The molecule has 1 unspecified atom stereocenters. The molecule has 0 radical (unpaired) electrons. The van der Waals surface area contributed by atoms with Gasteiger partial charge >= 0.3 is 0 Å². The summed E-state index contributed by atoms with van der Waals surface area (Å²) in [5.74, 6) is -0.0921. The van der Waals surface area contributed by atoms with Crippen LogP contribution in [0, 0.1) is 0 Å². The summed E-state index contributed by atoms with van der Waals surface area (Å²) < 4.78 is 0. The molecule has 18 heavy (non-hydrogen) atoms. The van der Waals surface area contributed by atoms with Gasteiger partial charge in [0.2, 0.25) is 5.91 Å². The molecule has 100 valence electrons. The molecule has 1 amide bonds. The Morgan fingerprint density at radius 2 is 2.22 bits per heavy atom. The Bertz CT molecular complexity index is 512. The van der Waals surface area contributed by atoms with E-state index in [0.717, 1.165) is 11.0 Å². The highest BCUT2D eigenvalue weighted by atomic mass is 35.5. The Hall–Kier alpha value is -1.30. The number of halogens is 2. The third-order valence-corrected chi connectivity index (χ3v) is 2.23. The molecular formula is C11H16Cl2N4O. The number of anilines is 1. The zero-order chi connectivity index (χ0) is 11.5. The Morgan fingerprint density at radius 3 is 2.89 bits per heavy atom. The van der Waals surface area contributed by atoms with Gasteiger partial charge in [-0.15, -0.1) is 24.8 Å². The maximum atomic E-state index is 11.6. The van der Waals surface area contributed by atoms with E-state index in [1.54, 1.807) is 13.3 Å². The Morgan fingerprint density at radius 1 is 1.50 bits per heavy atom. The fourth-order valence-corrected chi connectivity index (χ4v) is 1.56. The average Bonchev–Trinajstić information content (AvgIpc) is 2.65. The summed E-state index contributed by atoms with van der Waals surface area (Å²) in [5, 5.41) is 2.80. The first-order chi connectivity index (χ1) is 7.66. The first-order valence-electron chi connectivity index (χ1n) is 5.14. The van der Waals surface area contributed by atoms with Crippen molar-refractivity contribution in [1.82, 2.24) is 9.97 Å². The molecule has 0 aliphatic rings. The highest BCUT2D eigenvalue weighted by Gasteiger charge is 2.08. The lowest BCUT2D eigenvalue weighted by atomic mass is 10.2. The van der Waals surface area contributed by atoms with Crippen LogP contribution < -0.4 is 11.1 Å². The number of hydrogen-bond donors (Lipinski definition) is 3. The van der Waals surface area contributed by atoms with Gasteiger partial charge in [-0.05, 0) is 19.1 Å². The molecule has 1 aromatic carbocycles. The van der Waals surface area contributed by atoms with Crippen molar-refractivity contribution < 1.29 is 4.79 Å². The first-order valence-corrected chi connectivity index (χ1v) is 5.14. The summed E-state index contributed by atoms with van der Waals surface area (Å²) in [7, 11) is 0. The van der Waals surface area contributed by atoms with Gasteiger partial charge in [0.1, 0.15) is 5.52 Å². The van der Waals surface area contributed by atoms with Crippen molar-refractivity contribution >= 4 is 47.4 Å². The number of nitrogens with two attached hydrogens (primary N) is 1. The summed E-state index contributed by atoms with van der Waals surface area (Å²) in [4.78, 5) is 18.7. The van der Waals surface area contributed by atoms with E-state index in [9.17, 15) is 4.79 Å². The predicted octanol–water partition coefficient (Wildman–Crippen LogP) is 2.08. The molecule has 5 nitrogen and oxygen atoms in total. The van der Waals surface area contributed by atoms with Gasteiger partial charge in [-0.2, -0.15) is 0 Å². The van der Waals surface area contributed by atoms with E-state index >= 15 is 0 Å². The van der Waals surface area contributed by atoms with Gasteiger partial charge in [0.05, 0.1) is 17.5 Å². The quantitative estimate of drug-likeness (QED) is 0.809.